The monoisotopic (exact) mass is 342 g/mol. The first-order valence-corrected chi connectivity index (χ1v) is 8.54. The number of hydrogen-bond donors (Lipinski definition) is 2. The first kappa shape index (κ1) is 16.0. The molecule has 3 aromatic rings. The summed E-state index contributed by atoms with van der Waals surface area (Å²) >= 11 is 0. The van der Waals surface area contributed by atoms with Crippen molar-refractivity contribution in [3.05, 3.63) is 24.7 Å². The van der Waals surface area contributed by atoms with Gasteiger partial charge in [0.25, 0.3) is 0 Å². The van der Waals surface area contributed by atoms with Crippen LogP contribution < -0.4 is 5.32 Å². The van der Waals surface area contributed by atoms with Crippen molar-refractivity contribution in [3.63, 3.8) is 0 Å². The lowest BCUT2D eigenvalue weighted by atomic mass is 10.1. The van der Waals surface area contributed by atoms with Gasteiger partial charge in [-0.05, 0) is 18.9 Å². The smallest absolute Gasteiger partial charge is 0.137 e. The molecule has 0 amide bonds. The third-order valence-corrected chi connectivity index (χ3v) is 4.47. The second kappa shape index (κ2) is 7.20. The molecule has 2 N–H and O–H groups in total. The number of aromatic nitrogens is 5. The molecule has 3 aromatic heterocycles. The highest BCUT2D eigenvalue weighted by Crippen LogP contribution is 2.31. The number of rotatable bonds is 6. The number of anilines is 1. The molecule has 0 spiro atoms. The maximum absolute atomic E-state index is 5.44. The van der Waals surface area contributed by atoms with Gasteiger partial charge in [-0.2, -0.15) is 10.2 Å². The lowest BCUT2D eigenvalue weighted by molar-refractivity contribution is 0.0904. The lowest BCUT2D eigenvalue weighted by Crippen LogP contribution is -2.28. The van der Waals surface area contributed by atoms with Crippen molar-refractivity contribution in [1.82, 2.24) is 25.0 Å². The van der Waals surface area contributed by atoms with E-state index in [4.69, 9.17) is 9.47 Å². The number of pyridine rings is 1. The van der Waals surface area contributed by atoms with Gasteiger partial charge in [-0.1, -0.05) is 0 Å². The number of aromatic amines is 1. The van der Waals surface area contributed by atoms with Crippen LogP contribution in [0.1, 0.15) is 12.8 Å². The minimum Gasteiger partial charge on any atom is -0.383 e. The van der Waals surface area contributed by atoms with Crippen LogP contribution in [0.3, 0.4) is 0 Å². The van der Waals surface area contributed by atoms with Gasteiger partial charge in [0.2, 0.25) is 0 Å². The molecule has 0 aromatic carbocycles. The number of nitrogens with zero attached hydrogens (tertiary/aromatic N) is 4. The van der Waals surface area contributed by atoms with Crippen LogP contribution in [-0.4, -0.2) is 57.9 Å². The predicted octanol–water partition coefficient (Wildman–Crippen LogP) is 2.06. The molecular weight excluding hydrogens is 320 g/mol. The Labute approximate surface area is 145 Å². The van der Waals surface area contributed by atoms with Gasteiger partial charge in [0, 0.05) is 44.3 Å². The van der Waals surface area contributed by atoms with E-state index in [2.05, 4.69) is 25.6 Å². The zero-order chi connectivity index (χ0) is 17.1. The van der Waals surface area contributed by atoms with E-state index in [0.717, 1.165) is 54.0 Å². The van der Waals surface area contributed by atoms with Gasteiger partial charge in [-0.15, -0.1) is 0 Å². The van der Waals surface area contributed by atoms with Crippen molar-refractivity contribution in [2.45, 2.75) is 25.4 Å². The van der Waals surface area contributed by atoms with E-state index < -0.39 is 0 Å². The Bertz CT molecular complexity index is 837. The molecule has 8 heteroatoms. The second-order valence-electron chi connectivity index (χ2n) is 6.17. The van der Waals surface area contributed by atoms with Crippen molar-refractivity contribution < 1.29 is 9.47 Å². The highest BCUT2D eigenvalue weighted by molar-refractivity contribution is 6.00. The van der Waals surface area contributed by atoms with Crippen LogP contribution in [0.2, 0.25) is 0 Å². The summed E-state index contributed by atoms with van der Waals surface area (Å²) in [5.74, 6) is 0.859. The first-order chi connectivity index (χ1) is 12.3. The maximum atomic E-state index is 5.44. The summed E-state index contributed by atoms with van der Waals surface area (Å²) in [7, 11) is 1.69. The van der Waals surface area contributed by atoms with Crippen molar-refractivity contribution in [2.75, 3.05) is 32.2 Å². The van der Waals surface area contributed by atoms with Crippen LogP contribution in [0.15, 0.2) is 24.7 Å². The second-order valence-corrected chi connectivity index (χ2v) is 6.17. The standard InChI is InChI=1S/C17H22N6O2/c1-24-9-6-23-11-12(10-19-23)16-15-14(21-22-16)2-5-18-17(15)20-13-3-7-25-8-4-13/h2,5,10-11,13H,3-4,6-9H2,1H3,(H,18,20)(H,21,22). The summed E-state index contributed by atoms with van der Waals surface area (Å²) in [6.45, 7) is 2.92. The summed E-state index contributed by atoms with van der Waals surface area (Å²) in [5, 5.41) is 16.5. The SMILES string of the molecule is COCCn1cc(-c2n[nH]c3ccnc(NC4CCOCC4)c23)cn1. The third kappa shape index (κ3) is 3.35. The fourth-order valence-electron chi connectivity index (χ4n) is 3.11. The van der Waals surface area contributed by atoms with Gasteiger partial charge >= 0.3 is 0 Å². The molecule has 0 unspecified atom stereocenters. The van der Waals surface area contributed by atoms with Crippen molar-refractivity contribution in [3.8, 4) is 11.3 Å². The molecule has 0 bridgehead atoms. The highest BCUT2D eigenvalue weighted by Gasteiger charge is 2.19. The van der Waals surface area contributed by atoms with E-state index in [1.807, 2.05) is 23.1 Å². The molecule has 25 heavy (non-hydrogen) atoms. The summed E-state index contributed by atoms with van der Waals surface area (Å²) < 4.78 is 12.4. The van der Waals surface area contributed by atoms with Gasteiger partial charge in [0.05, 0.1) is 30.3 Å². The molecule has 0 radical (unpaired) electrons. The first-order valence-electron chi connectivity index (χ1n) is 8.54. The Morgan fingerprint density at radius 3 is 3.12 bits per heavy atom. The van der Waals surface area contributed by atoms with E-state index >= 15 is 0 Å². The zero-order valence-electron chi connectivity index (χ0n) is 14.2. The number of H-pyrrole nitrogens is 1. The Hall–Kier alpha value is -2.45. The Balaban J connectivity index is 1.66. The molecule has 4 heterocycles. The molecule has 0 aliphatic carbocycles. The Morgan fingerprint density at radius 1 is 1.40 bits per heavy atom. The molecule has 4 rings (SSSR count). The molecule has 0 saturated carbocycles. The van der Waals surface area contributed by atoms with Crippen LogP contribution in [0.5, 0.6) is 0 Å². The van der Waals surface area contributed by atoms with Gasteiger partial charge in [0.1, 0.15) is 11.5 Å². The van der Waals surface area contributed by atoms with Crippen LogP contribution in [-0.2, 0) is 16.0 Å². The average Bonchev–Trinajstić information content (AvgIpc) is 3.28. The fourth-order valence-corrected chi connectivity index (χ4v) is 3.11. The molecule has 1 aliphatic rings. The third-order valence-electron chi connectivity index (χ3n) is 4.47. The average molecular weight is 342 g/mol. The van der Waals surface area contributed by atoms with Crippen LogP contribution in [0.4, 0.5) is 5.82 Å². The normalized spacial score (nSPS) is 15.7. The van der Waals surface area contributed by atoms with Gasteiger partial charge in [0.15, 0.2) is 0 Å². The van der Waals surface area contributed by atoms with Crippen LogP contribution in [0.25, 0.3) is 22.2 Å². The molecular formula is C17H22N6O2. The molecule has 1 aliphatic heterocycles. The summed E-state index contributed by atoms with van der Waals surface area (Å²) in [4.78, 5) is 4.56. The number of nitrogens with one attached hydrogen (secondary N) is 2. The molecule has 132 valence electrons. The summed E-state index contributed by atoms with van der Waals surface area (Å²) in [6.07, 6.45) is 7.59. The van der Waals surface area contributed by atoms with Gasteiger partial charge in [-0.3, -0.25) is 9.78 Å². The molecule has 8 nitrogen and oxygen atoms in total. The van der Waals surface area contributed by atoms with Crippen molar-refractivity contribution in [2.24, 2.45) is 0 Å². The van der Waals surface area contributed by atoms with E-state index in [9.17, 15) is 0 Å². The van der Waals surface area contributed by atoms with Gasteiger partial charge < -0.3 is 14.8 Å². The van der Waals surface area contributed by atoms with E-state index in [-0.39, 0.29) is 0 Å². The molecule has 1 fully saturated rings. The van der Waals surface area contributed by atoms with E-state index in [1.165, 1.54) is 0 Å². The van der Waals surface area contributed by atoms with Gasteiger partial charge in [-0.25, -0.2) is 4.98 Å². The van der Waals surface area contributed by atoms with Crippen LogP contribution in [0, 0.1) is 0 Å². The van der Waals surface area contributed by atoms with E-state index in [0.29, 0.717) is 19.2 Å². The molecule has 0 atom stereocenters. The minimum atomic E-state index is 0.374. The largest absolute Gasteiger partial charge is 0.383 e. The van der Waals surface area contributed by atoms with Crippen molar-refractivity contribution in [1.29, 1.82) is 0 Å². The zero-order valence-corrected chi connectivity index (χ0v) is 14.2. The number of fused-ring (bicyclic) bond motifs is 1. The predicted molar refractivity (Wildman–Crippen MR) is 94.4 cm³/mol. The number of methoxy groups -OCH3 is 1. The number of hydrogen-bond acceptors (Lipinski definition) is 6. The Morgan fingerprint density at radius 2 is 2.28 bits per heavy atom. The summed E-state index contributed by atoms with van der Waals surface area (Å²) in [5.41, 5.74) is 2.79. The Kier molecular flexibility index (Phi) is 4.62. The quantitative estimate of drug-likeness (QED) is 0.713. The minimum absolute atomic E-state index is 0.374. The number of ether oxygens (including phenoxy) is 2. The van der Waals surface area contributed by atoms with Crippen molar-refractivity contribution >= 4 is 16.7 Å². The summed E-state index contributed by atoms with van der Waals surface area (Å²) in [6, 6.07) is 2.31. The van der Waals surface area contributed by atoms with Crippen LogP contribution >= 0.6 is 0 Å². The van der Waals surface area contributed by atoms with E-state index in [1.54, 1.807) is 13.3 Å². The lowest BCUT2D eigenvalue weighted by Gasteiger charge is -2.23. The fraction of sp³-hybridized carbons (Fsp3) is 0.471. The molecule has 1 saturated heterocycles. The highest BCUT2D eigenvalue weighted by atomic mass is 16.5. The maximum Gasteiger partial charge on any atom is 0.137 e. The topological polar surface area (TPSA) is 89.9 Å².